The van der Waals surface area contributed by atoms with E-state index in [1.54, 1.807) is 21.0 Å². The molecule has 0 radical (unpaired) electrons. The number of nitrogens with zero attached hydrogens (tertiary/aromatic N) is 1. The maximum atomic E-state index is 14.1. The van der Waals surface area contributed by atoms with E-state index in [2.05, 4.69) is 5.32 Å². The van der Waals surface area contributed by atoms with Crippen molar-refractivity contribution in [2.75, 3.05) is 14.1 Å². The second-order valence-corrected chi connectivity index (χ2v) is 9.17. The number of carbonyl (C=O) groups excluding carboxylic acids is 2. The lowest BCUT2D eigenvalue weighted by molar-refractivity contribution is -0.257. The van der Waals surface area contributed by atoms with E-state index in [1.807, 2.05) is 42.5 Å². The molecule has 3 rings (SSSR count). The summed E-state index contributed by atoms with van der Waals surface area (Å²) in [4.78, 5) is 26.3. The highest BCUT2D eigenvalue weighted by Crippen LogP contribution is 2.42. The van der Waals surface area contributed by atoms with Gasteiger partial charge in [0.2, 0.25) is 5.60 Å². The van der Waals surface area contributed by atoms with E-state index in [9.17, 15) is 22.8 Å². The molecule has 5 nitrogen and oxygen atoms in total. The number of thioether (sulfide) groups is 1. The molecule has 0 unspecified atom stereocenters. The molecule has 0 saturated heterocycles. The first-order chi connectivity index (χ1) is 15.9. The maximum absolute atomic E-state index is 14.1. The third-order valence-corrected chi connectivity index (χ3v) is 6.49. The number of alkyl halides is 3. The van der Waals surface area contributed by atoms with Gasteiger partial charge in [-0.25, -0.2) is 4.79 Å². The summed E-state index contributed by atoms with van der Waals surface area (Å²) in [5.74, 6) is 0. The van der Waals surface area contributed by atoms with Crippen LogP contribution in [0.5, 0.6) is 0 Å². The van der Waals surface area contributed by atoms with Crippen LogP contribution >= 0.6 is 11.8 Å². The first kappa shape index (κ1) is 25.4. The number of hydrogen-bond donors (Lipinski definition) is 1. The smallest absolute Gasteiger partial charge is 0.429 e. The molecule has 180 valence electrons. The van der Waals surface area contributed by atoms with E-state index >= 15 is 0 Å². The molecule has 9 heteroatoms. The Morgan fingerprint density at radius 3 is 2.21 bits per heavy atom. The van der Waals surface area contributed by atoms with Crippen molar-refractivity contribution in [2.24, 2.45) is 0 Å². The van der Waals surface area contributed by atoms with Crippen molar-refractivity contribution in [1.82, 2.24) is 10.2 Å². The van der Waals surface area contributed by atoms with Gasteiger partial charge in [-0.3, -0.25) is 4.79 Å². The lowest BCUT2D eigenvalue weighted by Gasteiger charge is -2.32. The van der Waals surface area contributed by atoms with E-state index < -0.39 is 23.9 Å². The van der Waals surface area contributed by atoms with Gasteiger partial charge in [0, 0.05) is 24.6 Å². The summed E-state index contributed by atoms with van der Waals surface area (Å²) in [5, 5.41) is 4.10. The fourth-order valence-corrected chi connectivity index (χ4v) is 4.07. The Morgan fingerprint density at radius 1 is 0.971 bits per heavy atom. The molecule has 1 N–H and O–H groups in total. The average molecular weight is 491 g/mol. The SMILES string of the molecule is C[C@H](NC(=O)O[C@@](C)(c1ccc(SC(=O)N(C)C)cc1)C(F)(F)F)c1cccc2ccccc12. The summed E-state index contributed by atoms with van der Waals surface area (Å²) in [5.41, 5.74) is -2.38. The molecule has 3 aromatic carbocycles. The molecule has 2 atom stereocenters. The molecule has 0 aromatic heterocycles. The zero-order valence-electron chi connectivity index (χ0n) is 19.1. The van der Waals surface area contributed by atoms with E-state index in [-0.39, 0.29) is 10.8 Å². The monoisotopic (exact) mass is 490 g/mol. The van der Waals surface area contributed by atoms with Gasteiger partial charge in [0.1, 0.15) is 0 Å². The van der Waals surface area contributed by atoms with Crippen LogP contribution in [0.3, 0.4) is 0 Å². The minimum absolute atomic E-state index is 0.255. The Labute approximate surface area is 200 Å². The lowest BCUT2D eigenvalue weighted by Crippen LogP contribution is -2.46. The van der Waals surface area contributed by atoms with Crippen LogP contribution in [0.2, 0.25) is 0 Å². The second kappa shape index (κ2) is 9.97. The molecule has 34 heavy (non-hydrogen) atoms. The quantitative estimate of drug-likeness (QED) is 0.396. The topological polar surface area (TPSA) is 58.6 Å². The number of amides is 2. The molecule has 0 fully saturated rings. The lowest BCUT2D eigenvalue weighted by atomic mass is 9.95. The Morgan fingerprint density at radius 2 is 1.59 bits per heavy atom. The zero-order valence-corrected chi connectivity index (χ0v) is 20.0. The van der Waals surface area contributed by atoms with Crippen LogP contribution in [0.15, 0.2) is 71.6 Å². The van der Waals surface area contributed by atoms with Crippen LogP contribution in [0.1, 0.15) is 31.0 Å². The van der Waals surface area contributed by atoms with Gasteiger partial charge >= 0.3 is 12.3 Å². The van der Waals surface area contributed by atoms with Crippen molar-refractivity contribution >= 4 is 33.9 Å². The van der Waals surface area contributed by atoms with Gasteiger partial charge in [-0.2, -0.15) is 13.2 Å². The maximum Gasteiger partial charge on any atom is 0.432 e. The number of hydrogen-bond acceptors (Lipinski definition) is 4. The summed E-state index contributed by atoms with van der Waals surface area (Å²) in [6.45, 7) is 2.49. The number of rotatable bonds is 5. The minimum Gasteiger partial charge on any atom is -0.429 e. The number of alkyl carbamates (subject to hydrolysis) is 1. The number of ether oxygens (including phenoxy) is 1. The molecule has 0 heterocycles. The van der Waals surface area contributed by atoms with Crippen molar-refractivity contribution in [1.29, 1.82) is 0 Å². The van der Waals surface area contributed by atoms with Crippen molar-refractivity contribution in [3.05, 3.63) is 77.9 Å². The Kier molecular flexibility index (Phi) is 7.45. The second-order valence-electron chi connectivity index (χ2n) is 8.14. The van der Waals surface area contributed by atoms with Gasteiger partial charge in [0.25, 0.3) is 5.24 Å². The number of fused-ring (bicyclic) bond motifs is 1. The van der Waals surface area contributed by atoms with Gasteiger partial charge < -0.3 is 15.0 Å². The number of carbonyl (C=O) groups is 2. The van der Waals surface area contributed by atoms with Gasteiger partial charge in [-0.1, -0.05) is 54.6 Å². The first-order valence-corrected chi connectivity index (χ1v) is 11.3. The van der Waals surface area contributed by atoms with Gasteiger partial charge in [0.15, 0.2) is 0 Å². The van der Waals surface area contributed by atoms with Gasteiger partial charge in [-0.05, 0) is 54.1 Å². The summed E-state index contributed by atoms with van der Waals surface area (Å²) in [6.07, 6.45) is -6.07. The molecular formula is C25H25F3N2O3S. The van der Waals surface area contributed by atoms with Gasteiger partial charge in [0.05, 0.1) is 6.04 Å². The molecule has 0 aliphatic heterocycles. The molecule has 3 aromatic rings. The van der Waals surface area contributed by atoms with Crippen LogP contribution in [0.4, 0.5) is 22.8 Å². The predicted molar refractivity (Wildman–Crippen MR) is 127 cm³/mol. The molecule has 0 bridgehead atoms. The van der Waals surface area contributed by atoms with Crippen LogP contribution in [-0.2, 0) is 10.3 Å². The first-order valence-electron chi connectivity index (χ1n) is 10.5. The fraction of sp³-hybridized carbons (Fsp3) is 0.280. The summed E-state index contributed by atoms with van der Waals surface area (Å²) in [7, 11) is 3.16. The van der Waals surface area contributed by atoms with E-state index in [0.29, 0.717) is 4.90 Å². The molecule has 0 spiro atoms. The highest BCUT2D eigenvalue weighted by Gasteiger charge is 2.56. The van der Waals surface area contributed by atoms with Crippen molar-refractivity contribution in [2.45, 2.75) is 36.6 Å². The van der Waals surface area contributed by atoms with Crippen molar-refractivity contribution in [3.63, 3.8) is 0 Å². The third kappa shape index (κ3) is 5.47. The largest absolute Gasteiger partial charge is 0.432 e. The standard InChI is InChI=1S/C25H25F3N2O3S/c1-16(20-11-7-9-17-8-5-6-10-21(17)20)29-22(31)33-24(2,25(26,27)28)18-12-14-19(15-13-18)34-23(32)30(3)4/h5-16H,1-4H3,(H,29,31)/t16-,24-/m0/s1. The molecule has 0 aliphatic carbocycles. The Hall–Kier alpha value is -3.20. The van der Waals surface area contributed by atoms with Crippen molar-refractivity contribution in [3.8, 4) is 0 Å². The molecular weight excluding hydrogens is 465 g/mol. The molecule has 2 amide bonds. The summed E-state index contributed by atoms with van der Waals surface area (Å²) in [6, 6.07) is 17.7. The van der Waals surface area contributed by atoms with Crippen LogP contribution < -0.4 is 5.32 Å². The number of halogens is 3. The van der Waals surface area contributed by atoms with Crippen LogP contribution in [0.25, 0.3) is 10.8 Å². The highest BCUT2D eigenvalue weighted by atomic mass is 32.2. The Bertz CT molecular complexity index is 1180. The normalized spacial score (nSPS) is 14.2. The van der Waals surface area contributed by atoms with Gasteiger partial charge in [-0.15, -0.1) is 0 Å². The fourth-order valence-electron chi connectivity index (χ4n) is 3.41. The summed E-state index contributed by atoms with van der Waals surface area (Å²) >= 11 is 0.885. The van der Waals surface area contributed by atoms with Crippen LogP contribution in [0, 0.1) is 0 Å². The number of benzene rings is 3. The minimum atomic E-state index is -4.87. The predicted octanol–water partition coefficient (Wildman–Crippen LogP) is 6.88. The highest BCUT2D eigenvalue weighted by molar-refractivity contribution is 8.13. The average Bonchev–Trinajstić information content (AvgIpc) is 2.78. The zero-order chi connectivity index (χ0) is 25.1. The van der Waals surface area contributed by atoms with Crippen LogP contribution in [-0.4, -0.2) is 36.5 Å². The molecule has 0 aliphatic rings. The van der Waals surface area contributed by atoms with E-state index in [0.717, 1.165) is 35.0 Å². The van der Waals surface area contributed by atoms with Crippen molar-refractivity contribution < 1.29 is 27.5 Å². The van der Waals surface area contributed by atoms with E-state index in [1.165, 1.54) is 29.2 Å². The summed E-state index contributed by atoms with van der Waals surface area (Å²) < 4.78 is 47.2. The Balaban J connectivity index is 1.80. The third-order valence-electron chi connectivity index (χ3n) is 5.44. The number of nitrogens with one attached hydrogen (secondary N) is 1. The molecule has 0 saturated carbocycles. The van der Waals surface area contributed by atoms with E-state index in [4.69, 9.17) is 4.74 Å².